The van der Waals surface area contributed by atoms with Crippen molar-refractivity contribution in [1.29, 1.82) is 0 Å². The van der Waals surface area contributed by atoms with Crippen molar-refractivity contribution in [2.24, 2.45) is 0 Å². The van der Waals surface area contributed by atoms with E-state index >= 15 is 0 Å². The van der Waals surface area contributed by atoms with E-state index in [1.807, 2.05) is 0 Å². The Bertz CT molecular complexity index is 959. The molecule has 0 aliphatic carbocycles. The Morgan fingerprint density at radius 3 is 2.55 bits per heavy atom. The maximum absolute atomic E-state index is 12.9. The van der Waals surface area contributed by atoms with Gasteiger partial charge in [0, 0.05) is 6.20 Å². The van der Waals surface area contributed by atoms with Crippen LogP contribution in [0, 0.1) is 0 Å². The Labute approximate surface area is 120 Å². The van der Waals surface area contributed by atoms with Crippen LogP contribution in [0.4, 0.5) is 13.2 Å². The van der Waals surface area contributed by atoms with E-state index in [0.717, 1.165) is 22.8 Å². The molecule has 5 nitrogen and oxygen atoms in total. The number of halogens is 3. The van der Waals surface area contributed by atoms with Gasteiger partial charge in [0.05, 0.1) is 28.4 Å². The van der Waals surface area contributed by atoms with Crippen LogP contribution in [0.5, 0.6) is 0 Å². The molecule has 0 aliphatic heterocycles. The summed E-state index contributed by atoms with van der Waals surface area (Å²) in [4.78, 5) is 29.7. The van der Waals surface area contributed by atoms with Gasteiger partial charge in [0.25, 0.3) is 5.56 Å². The lowest BCUT2D eigenvalue weighted by atomic mass is 10.1. The van der Waals surface area contributed by atoms with Crippen LogP contribution in [-0.2, 0) is 6.18 Å². The smallest absolute Gasteiger partial charge is 0.273 e. The zero-order chi connectivity index (χ0) is 15.9. The fourth-order valence-corrected chi connectivity index (χ4v) is 2.16. The summed E-state index contributed by atoms with van der Waals surface area (Å²) >= 11 is 0. The first kappa shape index (κ1) is 14.1. The van der Waals surface area contributed by atoms with Crippen LogP contribution in [-0.4, -0.2) is 14.5 Å². The van der Waals surface area contributed by atoms with Gasteiger partial charge < -0.3 is 0 Å². The number of benzene rings is 1. The largest absolute Gasteiger partial charge is 0.416 e. The Morgan fingerprint density at radius 2 is 1.91 bits per heavy atom. The Hall–Kier alpha value is -2.90. The molecular formula is C14H8F3N3O2. The van der Waals surface area contributed by atoms with E-state index in [1.165, 1.54) is 24.5 Å². The molecule has 0 bridgehead atoms. The van der Waals surface area contributed by atoms with Crippen LogP contribution >= 0.6 is 0 Å². The summed E-state index contributed by atoms with van der Waals surface area (Å²) in [6.07, 6.45) is -1.80. The van der Waals surface area contributed by atoms with Gasteiger partial charge in [-0.05, 0) is 30.3 Å². The number of rotatable bonds is 1. The number of pyridine rings is 1. The molecule has 1 N–H and O–H groups in total. The van der Waals surface area contributed by atoms with Gasteiger partial charge in [0.2, 0.25) is 0 Å². The Kier molecular flexibility index (Phi) is 3.09. The van der Waals surface area contributed by atoms with Gasteiger partial charge >= 0.3 is 11.9 Å². The van der Waals surface area contributed by atoms with E-state index in [1.54, 1.807) is 0 Å². The summed E-state index contributed by atoms with van der Waals surface area (Å²) in [5, 5.41) is -0.0172. The molecule has 112 valence electrons. The Balaban J connectivity index is 2.45. The highest BCUT2D eigenvalue weighted by molar-refractivity contribution is 5.80. The molecular weight excluding hydrogens is 299 g/mol. The number of nitrogens with zero attached hydrogens (tertiary/aromatic N) is 2. The summed E-state index contributed by atoms with van der Waals surface area (Å²) < 4.78 is 39.6. The summed E-state index contributed by atoms with van der Waals surface area (Å²) in [5.74, 6) is 0. The molecule has 3 rings (SSSR count). The third kappa shape index (κ3) is 2.28. The fourth-order valence-electron chi connectivity index (χ4n) is 2.16. The topological polar surface area (TPSA) is 67.8 Å². The van der Waals surface area contributed by atoms with E-state index < -0.39 is 23.0 Å². The number of aromatic amines is 1. The minimum absolute atomic E-state index is 0.0172. The first-order valence-electron chi connectivity index (χ1n) is 6.14. The monoisotopic (exact) mass is 307 g/mol. The number of fused-ring (bicyclic) bond motifs is 1. The molecule has 0 fully saturated rings. The SMILES string of the molecule is O=c1[nH]c(=O)n(-c2cccnc2)c2cc(C(F)(F)F)ccc12. The average Bonchev–Trinajstić information content (AvgIpc) is 2.47. The van der Waals surface area contributed by atoms with E-state index in [4.69, 9.17) is 0 Å². The molecule has 0 aliphatic rings. The number of H-pyrrole nitrogens is 1. The molecule has 0 spiro atoms. The van der Waals surface area contributed by atoms with Crippen molar-refractivity contribution >= 4 is 10.9 Å². The predicted octanol–water partition coefficient (Wildman–Crippen LogP) is 2.09. The molecule has 22 heavy (non-hydrogen) atoms. The number of aromatic nitrogens is 3. The second-order valence-corrected chi connectivity index (χ2v) is 4.54. The predicted molar refractivity (Wildman–Crippen MR) is 73.0 cm³/mol. The number of alkyl halides is 3. The molecule has 1 aromatic carbocycles. The average molecular weight is 307 g/mol. The standard InChI is InChI=1S/C14H8F3N3O2/c15-14(16,17)8-3-4-10-11(6-8)20(13(22)19-12(10)21)9-2-1-5-18-7-9/h1-7H,(H,19,21,22). The molecule has 2 aromatic heterocycles. The van der Waals surface area contributed by atoms with Gasteiger partial charge in [-0.15, -0.1) is 0 Å². The second kappa shape index (κ2) is 4.83. The molecule has 0 unspecified atom stereocenters. The lowest BCUT2D eigenvalue weighted by molar-refractivity contribution is -0.137. The maximum Gasteiger partial charge on any atom is 0.416 e. The normalized spacial score (nSPS) is 11.8. The molecule has 0 saturated carbocycles. The third-order valence-electron chi connectivity index (χ3n) is 3.14. The molecule has 3 aromatic rings. The highest BCUT2D eigenvalue weighted by Gasteiger charge is 2.31. The molecule has 8 heteroatoms. The van der Waals surface area contributed by atoms with Crippen LogP contribution in [0.2, 0.25) is 0 Å². The molecule has 2 heterocycles. The lowest BCUT2D eigenvalue weighted by Crippen LogP contribution is -2.29. The van der Waals surface area contributed by atoms with Gasteiger partial charge in [-0.3, -0.25) is 19.3 Å². The van der Waals surface area contributed by atoms with Crippen molar-refractivity contribution in [3.8, 4) is 5.69 Å². The minimum atomic E-state index is -4.58. The van der Waals surface area contributed by atoms with Crippen molar-refractivity contribution in [2.75, 3.05) is 0 Å². The van der Waals surface area contributed by atoms with Crippen molar-refractivity contribution in [3.63, 3.8) is 0 Å². The summed E-state index contributed by atoms with van der Waals surface area (Å²) in [6.45, 7) is 0. The van der Waals surface area contributed by atoms with Gasteiger partial charge in [-0.25, -0.2) is 4.79 Å². The lowest BCUT2D eigenvalue weighted by Gasteiger charge is -2.12. The number of hydrogen-bond acceptors (Lipinski definition) is 3. The van der Waals surface area contributed by atoms with Crippen LogP contribution in [0.1, 0.15) is 5.56 Å². The summed E-state index contributed by atoms with van der Waals surface area (Å²) in [7, 11) is 0. The zero-order valence-corrected chi connectivity index (χ0v) is 10.9. The van der Waals surface area contributed by atoms with E-state index in [0.29, 0.717) is 0 Å². The van der Waals surface area contributed by atoms with Crippen molar-refractivity contribution in [3.05, 3.63) is 69.1 Å². The van der Waals surface area contributed by atoms with Crippen LogP contribution in [0.15, 0.2) is 52.3 Å². The Morgan fingerprint density at radius 1 is 1.14 bits per heavy atom. The van der Waals surface area contributed by atoms with Crippen LogP contribution in [0.3, 0.4) is 0 Å². The van der Waals surface area contributed by atoms with Crippen LogP contribution in [0.25, 0.3) is 16.6 Å². The summed E-state index contributed by atoms with van der Waals surface area (Å²) in [6, 6.07) is 5.66. The van der Waals surface area contributed by atoms with Crippen molar-refractivity contribution in [1.82, 2.24) is 14.5 Å². The van der Waals surface area contributed by atoms with Crippen molar-refractivity contribution < 1.29 is 13.2 Å². The number of hydrogen-bond donors (Lipinski definition) is 1. The quantitative estimate of drug-likeness (QED) is 0.748. The molecule has 0 atom stereocenters. The third-order valence-corrected chi connectivity index (χ3v) is 3.14. The molecule has 0 amide bonds. The van der Waals surface area contributed by atoms with Crippen molar-refractivity contribution in [2.45, 2.75) is 6.18 Å². The first-order chi connectivity index (χ1) is 10.4. The van der Waals surface area contributed by atoms with Gasteiger partial charge in [-0.1, -0.05) is 0 Å². The zero-order valence-electron chi connectivity index (χ0n) is 10.9. The molecule has 0 radical (unpaired) electrons. The highest BCUT2D eigenvalue weighted by Crippen LogP contribution is 2.30. The maximum atomic E-state index is 12.9. The van der Waals surface area contributed by atoms with E-state index in [-0.39, 0.29) is 16.6 Å². The number of nitrogens with one attached hydrogen (secondary N) is 1. The molecule has 0 saturated heterocycles. The van der Waals surface area contributed by atoms with Gasteiger partial charge in [0.1, 0.15) is 0 Å². The fraction of sp³-hybridized carbons (Fsp3) is 0.0714. The van der Waals surface area contributed by atoms with Gasteiger partial charge in [-0.2, -0.15) is 13.2 Å². The highest BCUT2D eigenvalue weighted by atomic mass is 19.4. The van der Waals surface area contributed by atoms with Gasteiger partial charge in [0.15, 0.2) is 0 Å². The van der Waals surface area contributed by atoms with Crippen LogP contribution < -0.4 is 11.2 Å². The minimum Gasteiger partial charge on any atom is -0.273 e. The first-order valence-corrected chi connectivity index (χ1v) is 6.14. The summed E-state index contributed by atoms with van der Waals surface area (Å²) in [5.41, 5.74) is -2.38. The van der Waals surface area contributed by atoms with E-state index in [9.17, 15) is 22.8 Å². The van der Waals surface area contributed by atoms with E-state index in [2.05, 4.69) is 9.97 Å². The second-order valence-electron chi connectivity index (χ2n) is 4.54.